The van der Waals surface area contributed by atoms with Crippen LogP contribution in [0.3, 0.4) is 0 Å². The number of aromatic nitrogens is 2. The Kier molecular flexibility index (Phi) is 6.50. The second kappa shape index (κ2) is 8.28. The van der Waals surface area contributed by atoms with Gasteiger partial charge in [-0.2, -0.15) is 18.2 Å². The molecule has 0 bridgehead atoms. The van der Waals surface area contributed by atoms with Crippen LogP contribution in [0.25, 0.3) is 0 Å². The van der Waals surface area contributed by atoms with Crippen molar-refractivity contribution in [2.24, 2.45) is 0 Å². The molecule has 0 spiro atoms. The van der Waals surface area contributed by atoms with Gasteiger partial charge in [-0.05, 0) is 20.8 Å². The number of amides is 1. The molecule has 0 unspecified atom stereocenters. The topological polar surface area (TPSA) is 84.8 Å². The molecular weight excluding hydrogens is 367 g/mol. The molecule has 2 rings (SSSR count). The first kappa shape index (κ1) is 21.2. The molecule has 0 saturated carbocycles. The minimum absolute atomic E-state index is 0.0287. The van der Waals surface area contributed by atoms with Crippen molar-refractivity contribution in [3.05, 3.63) is 17.6 Å². The molecule has 2 heterocycles. The Balaban J connectivity index is 2.00. The molecule has 0 aliphatic carbocycles. The van der Waals surface area contributed by atoms with E-state index >= 15 is 0 Å². The summed E-state index contributed by atoms with van der Waals surface area (Å²) in [5.41, 5.74) is -0.538. The SMILES string of the molecule is CC(C)(C)OC(=O)N1CCC(Oc2cc(CCO)nc(C(F)(F)F)n2)CC1. The number of aliphatic hydroxyl groups excluding tert-OH is 1. The van der Waals surface area contributed by atoms with Gasteiger partial charge >= 0.3 is 12.3 Å². The summed E-state index contributed by atoms with van der Waals surface area (Å²) in [5.74, 6) is -1.48. The average molecular weight is 391 g/mol. The number of rotatable bonds is 4. The van der Waals surface area contributed by atoms with Gasteiger partial charge in [-0.1, -0.05) is 0 Å². The number of likely N-dealkylation sites (tertiary alicyclic amines) is 1. The van der Waals surface area contributed by atoms with Crippen LogP contribution < -0.4 is 4.74 Å². The van der Waals surface area contributed by atoms with E-state index < -0.39 is 23.7 Å². The molecule has 10 heteroatoms. The average Bonchev–Trinajstić information content (AvgIpc) is 2.53. The van der Waals surface area contributed by atoms with E-state index in [1.807, 2.05) is 0 Å². The highest BCUT2D eigenvalue weighted by atomic mass is 19.4. The molecule has 1 amide bonds. The zero-order valence-corrected chi connectivity index (χ0v) is 15.5. The van der Waals surface area contributed by atoms with E-state index in [1.54, 1.807) is 25.7 Å². The Hall–Kier alpha value is -2.10. The minimum atomic E-state index is -4.70. The maximum Gasteiger partial charge on any atom is 0.451 e. The lowest BCUT2D eigenvalue weighted by Crippen LogP contribution is -2.44. The largest absolute Gasteiger partial charge is 0.474 e. The highest BCUT2D eigenvalue weighted by Crippen LogP contribution is 2.29. The summed E-state index contributed by atoms with van der Waals surface area (Å²) in [7, 11) is 0. The van der Waals surface area contributed by atoms with Crippen molar-refractivity contribution in [2.45, 2.75) is 57.9 Å². The minimum Gasteiger partial charge on any atom is -0.474 e. The van der Waals surface area contributed by atoms with Crippen LogP contribution >= 0.6 is 0 Å². The third-order valence-electron chi connectivity index (χ3n) is 3.76. The second-order valence-electron chi connectivity index (χ2n) is 7.28. The molecule has 1 aliphatic rings. The summed E-state index contributed by atoms with van der Waals surface area (Å²) in [6.45, 7) is 5.75. The van der Waals surface area contributed by atoms with Gasteiger partial charge in [0.05, 0.1) is 5.69 Å². The zero-order chi connectivity index (χ0) is 20.2. The van der Waals surface area contributed by atoms with Crippen LogP contribution in [0.1, 0.15) is 45.1 Å². The molecule has 0 atom stereocenters. The van der Waals surface area contributed by atoms with Crippen molar-refractivity contribution in [1.29, 1.82) is 0 Å². The first-order chi connectivity index (χ1) is 12.5. The summed E-state index contributed by atoms with van der Waals surface area (Å²) in [6.07, 6.45) is -4.64. The molecule has 1 saturated heterocycles. The smallest absolute Gasteiger partial charge is 0.451 e. The van der Waals surface area contributed by atoms with E-state index in [1.165, 1.54) is 6.07 Å². The Bertz CT molecular complexity index is 654. The zero-order valence-electron chi connectivity index (χ0n) is 15.5. The van der Waals surface area contributed by atoms with E-state index in [9.17, 15) is 18.0 Å². The standard InChI is InChI=1S/C17H24F3N3O4/c1-16(2,3)27-15(25)23-7-4-12(5-8-23)26-13-10-11(6-9-24)21-14(22-13)17(18,19)20/h10,12,24H,4-9H2,1-3H3. The van der Waals surface area contributed by atoms with Crippen LogP contribution in [0, 0.1) is 0 Å². The van der Waals surface area contributed by atoms with Crippen molar-refractivity contribution in [3.63, 3.8) is 0 Å². The predicted molar refractivity (Wildman–Crippen MR) is 89.3 cm³/mol. The Labute approximate surface area is 155 Å². The maximum absolute atomic E-state index is 12.9. The quantitative estimate of drug-likeness (QED) is 0.850. The van der Waals surface area contributed by atoms with E-state index in [2.05, 4.69) is 9.97 Å². The number of hydrogen-bond acceptors (Lipinski definition) is 6. The van der Waals surface area contributed by atoms with Crippen LogP contribution in [0.4, 0.5) is 18.0 Å². The molecule has 1 aromatic heterocycles. The fourth-order valence-electron chi connectivity index (χ4n) is 2.56. The van der Waals surface area contributed by atoms with Gasteiger partial charge in [0.15, 0.2) is 0 Å². The molecule has 27 heavy (non-hydrogen) atoms. The molecule has 0 aromatic carbocycles. The number of hydrogen-bond donors (Lipinski definition) is 1. The van der Waals surface area contributed by atoms with Crippen molar-refractivity contribution in [2.75, 3.05) is 19.7 Å². The molecule has 1 aliphatic heterocycles. The van der Waals surface area contributed by atoms with Gasteiger partial charge < -0.3 is 19.5 Å². The molecule has 7 nitrogen and oxygen atoms in total. The van der Waals surface area contributed by atoms with Crippen molar-refractivity contribution in [1.82, 2.24) is 14.9 Å². The summed E-state index contributed by atoms with van der Waals surface area (Å²) in [5, 5.41) is 8.96. The number of ether oxygens (including phenoxy) is 2. The molecule has 1 aromatic rings. The summed E-state index contributed by atoms with van der Waals surface area (Å²) >= 11 is 0. The predicted octanol–water partition coefficient (Wildman–Crippen LogP) is 2.81. The Morgan fingerprint density at radius 2 is 1.89 bits per heavy atom. The van der Waals surface area contributed by atoms with Crippen LogP contribution in [-0.2, 0) is 17.3 Å². The lowest BCUT2D eigenvalue weighted by Gasteiger charge is -2.33. The molecule has 152 valence electrons. The van der Waals surface area contributed by atoms with Crippen LogP contribution in [0.5, 0.6) is 5.88 Å². The molecule has 1 fully saturated rings. The van der Waals surface area contributed by atoms with Crippen LogP contribution in [0.15, 0.2) is 6.07 Å². The number of carbonyl (C=O) groups excluding carboxylic acids is 1. The van der Waals surface area contributed by atoms with Gasteiger partial charge in [-0.15, -0.1) is 0 Å². The second-order valence-corrected chi connectivity index (χ2v) is 7.28. The fraction of sp³-hybridized carbons (Fsp3) is 0.706. The van der Waals surface area contributed by atoms with E-state index in [4.69, 9.17) is 14.6 Å². The monoisotopic (exact) mass is 391 g/mol. The molecule has 1 N–H and O–H groups in total. The lowest BCUT2D eigenvalue weighted by molar-refractivity contribution is -0.145. The fourth-order valence-corrected chi connectivity index (χ4v) is 2.56. The summed E-state index contributed by atoms with van der Waals surface area (Å²) < 4.78 is 49.7. The normalized spacial score (nSPS) is 16.3. The number of piperidine rings is 1. The van der Waals surface area contributed by atoms with Gasteiger partial charge in [0.2, 0.25) is 11.7 Å². The van der Waals surface area contributed by atoms with Gasteiger partial charge in [-0.25, -0.2) is 9.78 Å². The number of alkyl halides is 3. The molecular formula is C17H24F3N3O4. The van der Waals surface area contributed by atoms with Crippen molar-refractivity contribution < 1.29 is 32.5 Å². The number of aliphatic hydroxyl groups is 1. The van der Waals surface area contributed by atoms with E-state index in [0.29, 0.717) is 25.9 Å². The highest BCUT2D eigenvalue weighted by Gasteiger charge is 2.36. The van der Waals surface area contributed by atoms with Gasteiger partial charge in [0.25, 0.3) is 0 Å². The highest BCUT2D eigenvalue weighted by molar-refractivity contribution is 5.68. The van der Waals surface area contributed by atoms with E-state index in [0.717, 1.165) is 0 Å². The summed E-state index contributed by atoms with van der Waals surface area (Å²) in [6, 6.07) is 1.30. The van der Waals surface area contributed by atoms with Crippen LogP contribution in [0.2, 0.25) is 0 Å². The first-order valence-electron chi connectivity index (χ1n) is 8.68. The van der Waals surface area contributed by atoms with Crippen LogP contribution in [-0.4, -0.2) is 57.5 Å². The third kappa shape index (κ3) is 6.53. The summed E-state index contributed by atoms with van der Waals surface area (Å²) in [4.78, 5) is 20.4. The maximum atomic E-state index is 12.9. The lowest BCUT2D eigenvalue weighted by atomic mass is 10.1. The number of nitrogens with zero attached hydrogens (tertiary/aromatic N) is 3. The van der Waals surface area contributed by atoms with Gasteiger partial charge in [0.1, 0.15) is 11.7 Å². The third-order valence-corrected chi connectivity index (χ3v) is 3.76. The van der Waals surface area contributed by atoms with Crippen molar-refractivity contribution >= 4 is 6.09 Å². The van der Waals surface area contributed by atoms with Gasteiger partial charge in [-0.3, -0.25) is 0 Å². The van der Waals surface area contributed by atoms with Gasteiger partial charge in [0, 0.05) is 45.0 Å². The van der Waals surface area contributed by atoms with E-state index in [-0.39, 0.29) is 30.7 Å². The number of halogens is 3. The number of carbonyl (C=O) groups is 1. The Morgan fingerprint density at radius 1 is 1.26 bits per heavy atom. The Morgan fingerprint density at radius 3 is 2.41 bits per heavy atom. The molecule has 0 radical (unpaired) electrons. The van der Waals surface area contributed by atoms with Crippen molar-refractivity contribution in [3.8, 4) is 5.88 Å². The first-order valence-corrected chi connectivity index (χ1v) is 8.68.